The highest BCUT2D eigenvalue weighted by Gasteiger charge is 2.38. The van der Waals surface area contributed by atoms with Gasteiger partial charge in [0.25, 0.3) is 0 Å². The van der Waals surface area contributed by atoms with Gasteiger partial charge in [0, 0.05) is 18.3 Å². The van der Waals surface area contributed by atoms with Crippen LogP contribution in [0.4, 0.5) is 17.6 Å². The third kappa shape index (κ3) is 3.67. The van der Waals surface area contributed by atoms with Crippen molar-refractivity contribution in [3.05, 3.63) is 59.3 Å². The van der Waals surface area contributed by atoms with Crippen LogP contribution in [-0.4, -0.2) is 33.9 Å². The van der Waals surface area contributed by atoms with Gasteiger partial charge in [0.05, 0.1) is 16.6 Å². The minimum Gasteiger partial charge on any atom is -0.234 e. The van der Waals surface area contributed by atoms with Gasteiger partial charge in [0.15, 0.2) is 5.65 Å². The van der Waals surface area contributed by atoms with E-state index in [1.165, 1.54) is 29.4 Å². The Morgan fingerprint density at radius 2 is 1.80 bits per heavy atom. The van der Waals surface area contributed by atoms with Crippen molar-refractivity contribution in [2.45, 2.75) is 43.3 Å². The number of hydrogen-bond donors (Lipinski definition) is 0. The van der Waals surface area contributed by atoms with E-state index in [1.54, 1.807) is 0 Å². The average molecular weight is 442 g/mol. The first-order chi connectivity index (χ1) is 14.1. The molecule has 160 valence electrons. The summed E-state index contributed by atoms with van der Waals surface area (Å²) in [5.41, 5.74) is -0.591. The molecule has 3 heterocycles. The molecule has 1 aliphatic rings. The first-order valence-corrected chi connectivity index (χ1v) is 10.7. The Balaban J connectivity index is 1.80. The molecule has 0 amide bonds. The molecule has 0 aliphatic carbocycles. The zero-order valence-electron chi connectivity index (χ0n) is 15.9. The fourth-order valence-electron chi connectivity index (χ4n) is 3.71. The summed E-state index contributed by atoms with van der Waals surface area (Å²) in [6, 6.07) is 6.01. The number of sulfonamides is 1. The first kappa shape index (κ1) is 20.7. The van der Waals surface area contributed by atoms with Crippen LogP contribution in [0.15, 0.2) is 41.3 Å². The lowest BCUT2D eigenvalue weighted by atomic mass is 10.0. The number of benzene rings is 1. The molecule has 11 heteroatoms. The summed E-state index contributed by atoms with van der Waals surface area (Å²) in [5.74, 6) is -0.564. The number of hydrogen-bond acceptors (Lipinski definition) is 4. The van der Waals surface area contributed by atoms with E-state index in [0.717, 1.165) is 18.2 Å². The molecule has 0 unspecified atom stereocenters. The summed E-state index contributed by atoms with van der Waals surface area (Å²) in [6.45, 7) is 1.64. The van der Waals surface area contributed by atoms with Crippen LogP contribution >= 0.6 is 0 Å². The van der Waals surface area contributed by atoms with Crippen LogP contribution in [0.3, 0.4) is 0 Å². The highest BCUT2D eigenvalue weighted by molar-refractivity contribution is 7.89. The zero-order valence-corrected chi connectivity index (χ0v) is 16.7. The van der Waals surface area contributed by atoms with Crippen LogP contribution in [0, 0.1) is 12.7 Å². The Kier molecular flexibility index (Phi) is 5.05. The lowest BCUT2D eigenvalue weighted by Gasteiger charge is -2.33. The number of aryl methyl sites for hydroxylation is 1. The van der Waals surface area contributed by atoms with Crippen LogP contribution in [0.1, 0.15) is 42.4 Å². The van der Waals surface area contributed by atoms with Crippen LogP contribution in [0.5, 0.6) is 0 Å². The number of aromatic nitrogens is 3. The van der Waals surface area contributed by atoms with Gasteiger partial charge >= 0.3 is 6.18 Å². The number of piperidine rings is 1. The summed E-state index contributed by atoms with van der Waals surface area (Å²) >= 11 is 0. The zero-order chi connectivity index (χ0) is 21.7. The van der Waals surface area contributed by atoms with Crippen LogP contribution < -0.4 is 0 Å². The lowest BCUT2D eigenvalue weighted by molar-refractivity contribution is -0.142. The first-order valence-electron chi connectivity index (χ1n) is 9.29. The van der Waals surface area contributed by atoms with Gasteiger partial charge in [-0.2, -0.15) is 22.6 Å². The van der Waals surface area contributed by atoms with Crippen LogP contribution in [-0.2, 0) is 16.2 Å². The van der Waals surface area contributed by atoms with E-state index in [4.69, 9.17) is 0 Å². The van der Waals surface area contributed by atoms with Crippen molar-refractivity contribution in [2.75, 3.05) is 6.54 Å². The maximum atomic E-state index is 13.4. The summed E-state index contributed by atoms with van der Waals surface area (Å²) < 4.78 is 81.8. The van der Waals surface area contributed by atoms with E-state index in [9.17, 15) is 26.0 Å². The average Bonchev–Trinajstić information content (AvgIpc) is 3.10. The third-order valence-electron chi connectivity index (χ3n) is 5.08. The second-order valence-corrected chi connectivity index (χ2v) is 9.09. The van der Waals surface area contributed by atoms with Gasteiger partial charge in [-0.05, 0) is 50.1 Å². The lowest BCUT2D eigenvalue weighted by Crippen LogP contribution is -2.38. The Morgan fingerprint density at radius 3 is 2.47 bits per heavy atom. The molecular weight excluding hydrogens is 424 g/mol. The molecule has 1 saturated heterocycles. The van der Waals surface area contributed by atoms with E-state index >= 15 is 0 Å². The molecule has 0 N–H and O–H groups in total. The third-order valence-corrected chi connectivity index (χ3v) is 7.00. The number of halogens is 4. The smallest absolute Gasteiger partial charge is 0.234 e. The molecule has 1 aromatic carbocycles. The van der Waals surface area contributed by atoms with Gasteiger partial charge in [-0.1, -0.05) is 6.42 Å². The Hall–Kier alpha value is -2.53. The largest absolute Gasteiger partial charge is 0.433 e. The number of alkyl halides is 3. The number of rotatable bonds is 3. The molecule has 0 radical (unpaired) electrons. The molecule has 1 fully saturated rings. The minimum absolute atomic E-state index is 0.00188. The standard InChI is InChI=1S/C19H18F4N4O2S/c1-12-10-17(19(21,22)23)27-18(24-12)11-15(25-27)16-4-2-3-9-26(16)30(28,29)14-7-5-13(20)6-8-14/h5-8,10-11,16H,2-4,9H2,1H3/t16-/m1/s1. The van der Waals surface area contributed by atoms with Crippen molar-refractivity contribution >= 4 is 15.7 Å². The van der Waals surface area contributed by atoms with E-state index in [-0.39, 0.29) is 28.5 Å². The van der Waals surface area contributed by atoms with Crippen molar-refractivity contribution < 1.29 is 26.0 Å². The Morgan fingerprint density at radius 1 is 1.10 bits per heavy atom. The fraction of sp³-hybridized carbons (Fsp3) is 0.368. The van der Waals surface area contributed by atoms with Crippen molar-refractivity contribution in [1.29, 1.82) is 0 Å². The monoisotopic (exact) mass is 442 g/mol. The van der Waals surface area contributed by atoms with Crippen molar-refractivity contribution in [3.63, 3.8) is 0 Å². The fourth-order valence-corrected chi connectivity index (χ4v) is 5.38. The van der Waals surface area contributed by atoms with Crippen LogP contribution in [0.25, 0.3) is 5.65 Å². The topological polar surface area (TPSA) is 67.6 Å². The van der Waals surface area contributed by atoms with E-state index in [2.05, 4.69) is 10.1 Å². The molecule has 6 nitrogen and oxygen atoms in total. The normalized spacial score (nSPS) is 18.8. The molecule has 0 saturated carbocycles. The molecule has 30 heavy (non-hydrogen) atoms. The maximum absolute atomic E-state index is 13.4. The Bertz CT molecular complexity index is 1190. The summed E-state index contributed by atoms with van der Waals surface area (Å²) in [5, 5.41) is 4.08. The van der Waals surface area contributed by atoms with E-state index in [1.807, 2.05) is 0 Å². The molecule has 1 atom stereocenters. The predicted octanol–water partition coefficient (Wildman–Crippen LogP) is 4.11. The quantitative estimate of drug-likeness (QED) is 0.573. The van der Waals surface area contributed by atoms with Gasteiger partial charge in [0.2, 0.25) is 10.0 Å². The molecule has 0 bridgehead atoms. The summed E-state index contributed by atoms with van der Waals surface area (Å²) in [7, 11) is -3.99. The Labute approximate surface area is 170 Å². The van der Waals surface area contributed by atoms with Gasteiger partial charge < -0.3 is 0 Å². The maximum Gasteiger partial charge on any atom is 0.433 e. The van der Waals surface area contributed by atoms with Crippen molar-refractivity contribution in [2.24, 2.45) is 0 Å². The summed E-state index contributed by atoms with van der Waals surface area (Å²) in [6.07, 6.45) is -2.92. The van der Waals surface area contributed by atoms with Crippen LogP contribution in [0.2, 0.25) is 0 Å². The van der Waals surface area contributed by atoms with E-state index in [0.29, 0.717) is 23.8 Å². The number of fused-ring (bicyclic) bond motifs is 1. The molecule has 0 spiro atoms. The highest BCUT2D eigenvalue weighted by atomic mass is 32.2. The molecule has 2 aromatic heterocycles. The minimum atomic E-state index is -4.64. The second kappa shape index (κ2) is 7.31. The molecule has 1 aliphatic heterocycles. The van der Waals surface area contributed by atoms with Gasteiger partial charge in [-0.15, -0.1) is 0 Å². The second-order valence-electron chi connectivity index (χ2n) is 7.20. The van der Waals surface area contributed by atoms with Gasteiger partial charge in [0.1, 0.15) is 11.5 Å². The molecule has 3 aromatic rings. The van der Waals surface area contributed by atoms with Crippen molar-refractivity contribution in [3.8, 4) is 0 Å². The predicted molar refractivity (Wildman–Crippen MR) is 99.6 cm³/mol. The molecular formula is C19H18F4N4O2S. The SMILES string of the molecule is Cc1cc(C(F)(F)F)n2nc([C@H]3CCCCN3S(=O)(=O)c3ccc(F)cc3)cc2n1. The van der Waals surface area contributed by atoms with Gasteiger partial charge in [-0.3, -0.25) is 0 Å². The number of nitrogens with zero attached hydrogens (tertiary/aromatic N) is 4. The summed E-state index contributed by atoms with van der Waals surface area (Å²) in [4.78, 5) is 4.03. The van der Waals surface area contributed by atoms with Crippen molar-refractivity contribution in [1.82, 2.24) is 18.9 Å². The molecule has 4 rings (SSSR count). The van der Waals surface area contributed by atoms with E-state index < -0.39 is 33.8 Å². The van der Waals surface area contributed by atoms with Gasteiger partial charge in [-0.25, -0.2) is 22.3 Å². The highest BCUT2D eigenvalue weighted by Crippen LogP contribution is 2.36.